The minimum Gasteiger partial charge on any atom is -0.479 e. The summed E-state index contributed by atoms with van der Waals surface area (Å²) in [6, 6.07) is 9.69. The Hall–Kier alpha value is -3.77. The smallest absolute Gasteiger partial charge is 0.408 e. The number of aliphatic carboxylic acids is 1. The SMILES string of the molecule is CCCC[C@H](NC(=O)OC(c1ccccc1)C(F)(F)c1cccc(Cl)c1)C(=O)N[C@@H](C[C@@H]1CCNC1=O)C(O)C(=O)O. The van der Waals surface area contributed by atoms with E-state index in [1.54, 1.807) is 6.07 Å². The fourth-order valence-electron chi connectivity index (χ4n) is 4.69. The molecule has 0 aromatic heterocycles. The molecule has 1 saturated heterocycles. The van der Waals surface area contributed by atoms with Crippen LogP contribution in [0, 0.1) is 5.92 Å². The maximum absolute atomic E-state index is 15.7. The summed E-state index contributed by atoms with van der Waals surface area (Å²) in [5.41, 5.74) is -0.495. The van der Waals surface area contributed by atoms with Gasteiger partial charge in [0.1, 0.15) is 6.04 Å². The first-order valence-corrected chi connectivity index (χ1v) is 14.0. The lowest BCUT2D eigenvalue weighted by molar-refractivity contribution is -0.149. The highest BCUT2D eigenvalue weighted by atomic mass is 35.5. The van der Waals surface area contributed by atoms with E-state index in [1.165, 1.54) is 36.4 Å². The van der Waals surface area contributed by atoms with Crippen molar-refractivity contribution in [1.82, 2.24) is 16.0 Å². The molecule has 3 rings (SSSR count). The van der Waals surface area contributed by atoms with Crippen LogP contribution in [0.2, 0.25) is 5.02 Å². The molecule has 13 heteroatoms. The highest BCUT2D eigenvalue weighted by Gasteiger charge is 2.46. The van der Waals surface area contributed by atoms with Crippen LogP contribution in [0.25, 0.3) is 0 Å². The van der Waals surface area contributed by atoms with Crippen molar-refractivity contribution in [3.05, 3.63) is 70.7 Å². The maximum Gasteiger partial charge on any atom is 0.408 e. The second kappa shape index (κ2) is 14.9. The number of nitrogens with one attached hydrogen (secondary N) is 3. The van der Waals surface area contributed by atoms with Gasteiger partial charge in [0, 0.05) is 23.0 Å². The Kier molecular flexibility index (Phi) is 11.6. The predicted octanol–water partition coefficient (Wildman–Crippen LogP) is 3.91. The molecule has 10 nitrogen and oxygen atoms in total. The number of benzene rings is 2. The third-order valence-corrected chi connectivity index (χ3v) is 7.22. The van der Waals surface area contributed by atoms with Gasteiger partial charge in [0.25, 0.3) is 0 Å². The molecule has 1 heterocycles. The van der Waals surface area contributed by atoms with E-state index in [9.17, 15) is 29.4 Å². The summed E-state index contributed by atoms with van der Waals surface area (Å²) in [4.78, 5) is 49.8. The van der Waals surface area contributed by atoms with E-state index in [1.807, 2.05) is 6.92 Å². The van der Waals surface area contributed by atoms with Gasteiger partial charge in [-0.25, -0.2) is 9.59 Å². The Morgan fingerprint density at radius 1 is 1.14 bits per heavy atom. The molecule has 1 fully saturated rings. The molecule has 2 aromatic rings. The number of alkyl carbamates (subject to hydrolysis) is 1. The molecule has 5 atom stereocenters. The molecule has 1 aliphatic heterocycles. The normalized spacial score (nSPS) is 17.8. The van der Waals surface area contributed by atoms with Gasteiger partial charge in [-0.15, -0.1) is 0 Å². The number of halogens is 3. The van der Waals surface area contributed by atoms with Crippen LogP contribution in [-0.4, -0.2) is 58.8 Å². The summed E-state index contributed by atoms with van der Waals surface area (Å²) in [6.07, 6.45) is -4.07. The van der Waals surface area contributed by atoms with Crippen molar-refractivity contribution in [2.45, 2.75) is 69.2 Å². The summed E-state index contributed by atoms with van der Waals surface area (Å²) in [7, 11) is 0. The molecular formula is C29H34ClF2N3O7. The highest BCUT2D eigenvalue weighted by molar-refractivity contribution is 6.30. The zero-order chi connectivity index (χ0) is 30.9. The average molecular weight is 610 g/mol. The number of alkyl halides is 2. The van der Waals surface area contributed by atoms with Gasteiger partial charge in [0.05, 0.1) is 6.04 Å². The highest BCUT2D eigenvalue weighted by Crippen LogP contribution is 2.43. The molecule has 0 bridgehead atoms. The van der Waals surface area contributed by atoms with Crippen molar-refractivity contribution in [3.8, 4) is 0 Å². The fraction of sp³-hybridized carbons (Fsp3) is 0.448. The van der Waals surface area contributed by atoms with E-state index in [2.05, 4.69) is 16.0 Å². The van der Waals surface area contributed by atoms with Crippen molar-refractivity contribution < 1.29 is 42.9 Å². The van der Waals surface area contributed by atoms with Gasteiger partial charge in [0.15, 0.2) is 12.2 Å². The fourth-order valence-corrected chi connectivity index (χ4v) is 4.88. The zero-order valence-electron chi connectivity index (χ0n) is 22.9. The van der Waals surface area contributed by atoms with Gasteiger partial charge in [-0.2, -0.15) is 8.78 Å². The third kappa shape index (κ3) is 8.62. The molecule has 5 N–H and O–H groups in total. The van der Waals surface area contributed by atoms with Gasteiger partial charge in [-0.3, -0.25) is 9.59 Å². The molecule has 42 heavy (non-hydrogen) atoms. The second-order valence-electron chi connectivity index (χ2n) is 10.1. The Balaban J connectivity index is 1.81. The zero-order valence-corrected chi connectivity index (χ0v) is 23.7. The number of rotatable bonds is 14. The molecule has 0 radical (unpaired) electrons. The molecule has 1 aliphatic rings. The summed E-state index contributed by atoms with van der Waals surface area (Å²) < 4.78 is 36.7. The molecule has 0 saturated carbocycles. The first-order valence-electron chi connectivity index (χ1n) is 13.6. The average Bonchev–Trinajstić information content (AvgIpc) is 3.37. The maximum atomic E-state index is 15.7. The van der Waals surface area contributed by atoms with Crippen LogP contribution in [0.15, 0.2) is 54.6 Å². The first-order chi connectivity index (χ1) is 19.9. The number of hydrogen-bond donors (Lipinski definition) is 5. The summed E-state index contributed by atoms with van der Waals surface area (Å²) in [6.45, 7) is 2.21. The van der Waals surface area contributed by atoms with Gasteiger partial charge in [-0.05, 0) is 37.0 Å². The molecule has 0 aliphatic carbocycles. The standard InChI is InChI=1S/C29H34ClF2N3O7/c1-2-3-12-21(26(38)34-22(23(36)27(39)40)15-18-13-14-33-25(18)37)35-28(41)42-24(17-8-5-4-6-9-17)29(31,32)19-10-7-11-20(30)16-19/h4-11,16,18,21-24,36H,2-3,12-15H2,1H3,(H,33,37)(H,34,38)(H,35,41)(H,39,40)/t18-,21-,22-,23?,24?/m0/s1. The topological polar surface area (TPSA) is 154 Å². The first kappa shape index (κ1) is 32.7. The molecule has 0 spiro atoms. The molecule has 3 amide bonds. The van der Waals surface area contributed by atoms with E-state index in [4.69, 9.17) is 16.3 Å². The van der Waals surface area contributed by atoms with Crippen molar-refractivity contribution >= 4 is 35.5 Å². The van der Waals surface area contributed by atoms with Gasteiger partial charge in [-0.1, -0.05) is 73.8 Å². The van der Waals surface area contributed by atoms with Crippen molar-refractivity contribution in [1.29, 1.82) is 0 Å². The van der Waals surface area contributed by atoms with Crippen LogP contribution >= 0.6 is 11.6 Å². The number of aliphatic hydroxyl groups is 1. The van der Waals surface area contributed by atoms with Crippen molar-refractivity contribution in [2.24, 2.45) is 5.92 Å². The molecule has 2 aromatic carbocycles. The van der Waals surface area contributed by atoms with Gasteiger partial charge >= 0.3 is 18.0 Å². The lowest BCUT2D eigenvalue weighted by atomic mass is 9.94. The Morgan fingerprint density at radius 3 is 2.45 bits per heavy atom. The number of carbonyl (C=O) groups is 4. The number of carboxylic acids is 1. The lowest BCUT2D eigenvalue weighted by Gasteiger charge is -2.29. The monoisotopic (exact) mass is 609 g/mol. The second-order valence-corrected chi connectivity index (χ2v) is 10.5. The number of aliphatic hydroxyl groups excluding tert-OH is 1. The Labute approximate surface area is 246 Å². The number of carbonyl (C=O) groups excluding carboxylic acids is 3. The van der Waals surface area contributed by atoms with Gasteiger partial charge < -0.3 is 30.9 Å². The van der Waals surface area contributed by atoms with E-state index >= 15 is 8.78 Å². The Morgan fingerprint density at radius 2 is 1.86 bits per heavy atom. The largest absolute Gasteiger partial charge is 0.479 e. The number of amides is 3. The molecule has 2 unspecified atom stereocenters. The molecule has 228 valence electrons. The van der Waals surface area contributed by atoms with Crippen LogP contribution in [0.3, 0.4) is 0 Å². The van der Waals surface area contributed by atoms with Crippen LogP contribution in [0.1, 0.15) is 56.3 Å². The summed E-state index contributed by atoms with van der Waals surface area (Å²) >= 11 is 5.93. The third-order valence-electron chi connectivity index (χ3n) is 6.98. The number of carboxylic acid groups (broad SMARTS) is 1. The van der Waals surface area contributed by atoms with Crippen LogP contribution in [-0.2, 0) is 25.0 Å². The van der Waals surface area contributed by atoms with Gasteiger partial charge in [0.2, 0.25) is 11.8 Å². The lowest BCUT2D eigenvalue weighted by Crippen LogP contribution is -2.55. The summed E-state index contributed by atoms with van der Waals surface area (Å²) in [5.74, 6) is -7.14. The van der Waals surface area contributed by atoms with E-state index in [0.29, 0.717) is 25.8 Å². The Bertz CT molecular complexity index is 1250. The number of hydrogen-bond acceptors (Lipinski definition) is 6. The van der Waals surface area contributed by atoms with Crippen LogP contribution in [0.4, 0.5) is 13.6 Å². The van der Waals surface area contributed by atoms with Crippen molar-refractivity contribution in [3.63, 3.8) is 0 Å². The van der Waals surface area contributed by atoms with E-state index in [0.717, 1.165) is 12.1 Å². The molecular weight excluding hydrogens is 576 g/mol. The van der Waals surface area contributed by atoms with Crippen LogP contribution < -0.4 is 16.0 Å². The minimum atomic E-state index is -3.72. The van der Waals surface area contributed by atoms with E-state index < -0.39 is 59.7 Å². The van der Waals surface area contributed by atoms with Crippen LogP contribution in [0.5, 0.6) is 0 Å². The van der Waals surface area contributed by atoms with E-state index in [-0.39, 0.29) is 29.3 Å². The van der Waals surface area contributed by atoms with Crippen molar-refractivity contribution in [2.75, 3.05) is 6.54 Å². The number of ether oxygens (including phenoxy) is 1. The predicted molar refractivity (Wildman–Crippen MR) is 149 cm³/mol. The quantitative estimate of drug-likeness (QED) is 0.218. The number of unbranched alkanes of at least 4 members (excludes halogenated alkanes) is 1. The minimum absolute atomic E-state index is 0.00771. The summed E-state index contributed by atoms with van der Waals surface area (Å²) in [5, 5.41) is 27.0.